The van der Waals surface area contributed by atoms with Crippen LogP contribution in [0, 0.1) is 0 Å². The summed E-state index contributed by atoms with van der Waals surface area (Å²) in [7, 11) is 0. The second-order valence-electron chi connectivity index (χ2n) is 9.63. The van der Waals surface area contributed by atoms with Gasteiger partial charge in [0, 0.05) is 0 Å². The quantitative estimate of drug-likeness (QED) is 0.0793. The lowest BCUT2D eigenvalue weighted by Crippen LogP contribution is -2.90. The molecule has 4 atom stereocenters. The number of urea groups is 1. The van der Waals surface area contributed by atoms with E-state index in [1.807, 2.05) is 0 Å². The van der Waals surface area contributed by atoms with E-state index in [1.165, 1.54) is 0 Å². The van der Waals surface area contributed by atoms with Crippen molar-refractivity contribution in [2.45, 2.75) is 42.0 Å². The maximum absolute atomic E-state index is 13.6. The predicted molar refractivity (Wildman–Crippen MR) is 120 cm³/mol. The van der Waals surface area contributed by atoms with E-state index in [1.54, 1.807) is 0 Å². The molecule has 14 nitrogen and oxygen atoms in total. The number of hydrogen-bond donors (Lipinski definition) is 7. The zero-order valence-electron chi connectivity index (χ0n) is 20.4. The summed E-state index contributed by atoms with van der Waals surface area (Å²) >= 11 is 0. The van der Waals surface area contributed by atoms with Crippen molar-refractivity contribution in [3.63, 3.8) is 0 Å². The maximum Gasteiger partial charge on any atom is 0.417 e. The lowest BCUT2D eigenvalue weighted by atomic mass is 9.85. The molecule has 9 N–H and O–H groups in total. The highest BCUT2D eigenvalue weighted by Gasteiger charge is 2.77. The van der Waals surface area contributed by atoms with Crippen molar-refractivity contribution in [1.29, 1.82) is 0 Å². The fourth-order valence-corrected chi connectivity index (χ4v) is 5.41. The molecule has 0 saturated carbocycles. The summed E-state index contributed by atoms with van der Waals surface area (Å²) in [5, 5.41) is 27.5. The molecule has 2 saturated heterocycles. The van der Waals surface area contributed by atoms with Crippen molar-refractivity contribution in [2.75, 3.05) is 19.6 Å². The Morgan fingerprint density at radius 3 is 2.44 bits per heavy atom. The number of benzene rings is 1. The molecule has 0 bridgehead atoms. The minimum absolute atomic E-state index is 0.0559. The minimum atomic E-state index is -5.27. The van der Waals surface area contributed by atoms with Crippen molar-refractivity contribution in [2.24, 2.45) is 16.5 Å². The third kappa shape index (κ3) is 4.24. The first-order valence-electron chi connectivity index (χ1n) is 11.7. The van der Waals surface area contributed by atoms with Crippen LogP contribution in [0.25, 0.3) is 0 Å². The molecule has 222 valence electrons. The van der Waals surface area contributed by atoms with Gasteiger partial charge in [-0.1, -0.05) is 0 Å². The fourth-order valence-electron chi connectivity index (χ4n) is 5.41. The Hall–Kier alpha value is -4.33. The molecule has 0 aliphatic carbocycles. The summed E-state index contributed by atoms with van der Waals surface area (Å²) in [6.45, 7) is -1.44. The van der Waals surface area contributed by atoms with Crippen molar-refractivity contribution in [3.05, 3.63) is 34.9 Å². The second-order valence-corrected chi connectivity index (χ2v) is 9.63. The van der Waals surface area contributed by atoms with Crippen LogP contribution in [0.15, 0.2) is 23.2 Å². The van der Waals surface area contributed by atoms with Gasteiger partial charge in [0.25, 0.3) is 11.4 Å². The number of aliphatic hydroxyl groups is 2. The maximum atomic E-state index is 13.6. The van der Waals surface area contributed by atoms with Crippen LogP contribution in [0.2, 0.25) is 0 Å². The van der Waals surface area contributed by atoms with Gasteiger partial charge in [0.05, 0.1) is 36.3 Å². The van der Waals surface area contributed by atoms with E-state index in [0.717, 1.165) is 9.80 Å². The molecule has 0 radical (unpaired) electrons. The number of aliphatic imine (C=N–C) groups is 1. The molecule has 0 unspecified atom stereocenters. The first-order valence-corrected chi connectivity index (χ1v) is 11.7. The van der Waals surface area contributed by atoms with E-state index >= 15 is 0 Å². The van der Waals surface area contributed by atoms with Gasteiger partial charge in [-0.05, 0) is 18.2 Å². The number of alkyl halides is 6. The Bertz CT molecular complexity index is 1380. The molecule has 4 aliphatic heterocycles. The number of carbonyl (C=O) groups is 3. The Kier molecular flexibility index (Phi) is 6.08. The van der Waals surface area contributed by atoms with Crippen molar-refractivity contribution < 1.29 is 60.7 Å². The van der Waals surface area contributed by atoms with Crippen molar-refractivity contribution in [3.8, 4) is 0 Å². The highest BCUT2D eigenvalue weighted by molar-refractivity contribution is 6.02. The molecule has 4 heterocycles. The van der Waals surface area contributed by atoms with E-state index in [2.05, 4.69) is 20.6 Å². The third-order valence-corrected chi connectivity index (χ3v) is 7.26. The number of hydrogen-bond acceptors (Lipinski definition) is 11. The Morgan fingerprint density at radius 1 is 1.17 bits per heavy atom. The van der Waals surface area contributed by atoms with Gasteiger partial charge < -0.3 is 26.0 Å². The van der Waals surface area contributed by atoms with Crippen LogP contribution in [0.1, 0.15) is 21.5 Å². The van der Waals surface area contributed by atoms with Crippen LogP contribution in [-0.2, 0) is 21.9 Å². The number of nitrogens with two attached hydrogens (primary N) is 2. The summed E-state index contributed by atoms with van der Waals surface area (Å²) in [5.41, 5.74) is 4.81. The molecule has 0 aromatic heterocycles. The molecule has 1 aromatic carbocycles. The fraction of sp³-hybridized carbons (Fsp3) is 0.476. The molecule has 1 spiro atoms. The summed E-state index contributed by atoms with van der Waals surface area (Å²) in [5.74, 6) is -6.50. The van der Waals surface area contributed by atoms with Crippen LogP contribution in [-0.4, -0.2) is 99.1 Å². The number of carbonyl (C=O) groups excluding carboxylic acids is 3. The van der Waals surface area contributed by atoms with Crippen LogP contribution < -0.4 is 27.1 Å². The Labute approximate surface area is 224 Å². The normalized spacial score (nSPS) is 28.9. The summed E-state index contributed by atoms with van der Waals surface area (Å²) in [6.07, 6.45) is -12.5. The van der Waals surface area contributed by atoms with E-state index in [0.29, 0.717) is 0 Å². The van der Waals surface area contributed by atoms with Crippen LogP contribution >= 0.6 is 0 Å². The second kappa shape index (κ2) is 8.83. The van der Waals surface area contributed by atoms with Gasteiger partial charge in [0.15, 0.2) is 18.1 Å². The lowest BCUT2D eigenvalue weighted by Gasteiger charge is -2.46. The van der Waals surface area contributed by atoms with Gasteiger partial charge in [0.2, 0.25) is 5.91 Å². The molecule has 41 heavy (non-hydrogen) atoms. The minimum Gasteiger partial charge on any atom is -0.451 e. The molecule has 4 aliphatic rings. The van der Waals surface area contributed by atoms with Gasteiger partial charge in [0.1, 0.15) is 6.04 Å². The van der Waals surface area contributed by atoms with Crippen molar-refractivity contribution >= 4 is 29.8 Å². The van der Waals surface area contributed by atoms with E-state index < -0.39 is 95.6 Å². The number of nitrogens with one attached hydrogen (secondary N) is 3. The van der Waals surface area contributed by atoms with Crippen LogP contribution in [0.4, 0.5) is 31.1 Å². The largest absolute Gasteiger partial charge is 0.451 e. The molecular weight excluding hydrogens is 574 g/mol. The van der Waals surface area contributed by atoms with Gasteiger partial charge in [-0.2, -0.15) is 26.3 Å². The molecule has 1 aromatic rings. The molecule has 2 fully saturated rings. The Balaban J connectivity index is 1.49. The topological polar surface area (TPSA) is 210 Å². The molecule has 5 rings (SSSR count). The monoisotopic (exact) mass is 595 g/mol. The number of guanidine groups is 2. The SMILES string of the molecule is NC1=N[C@@H](CN2C(=O)CNC2=O)[C@@H]2[NH+]=C(N)N[C@]23N1C[C@H](OC(=O)c1cc(C(F)(F)F)ccc1C(F)(F)F)C3(O)O. The number of imide groups is 1. The lowest BCUT2D eigenvalue weighted by molar-refractivity contribution is -0.522. The van der Waals surface area contributed by atoms with E-state index in [-0.39, 0.29) is 30.7 Å². The number of halogens is 6. The number of ether oxygens (including phenoxy) is 1. The standard InChI is InChI=1S/C21H20F6N8O6/c22-20(23,24)7-1-2-9(21(25,26)27)8(3-7)14(37)41-11-6-35-16(29)31-10(5-34-12(36)4-30-17(34)38)13-18(35,19(11,39)40)33-15(28)32-13/h1-3,10-11,13,39-40H,4-6H2,(H2,29,31)(H,30,38)(H3,28,32,33)/p+1/t10-,11-,13-,18-/m0/s1. The number of esters is 1. The van der Waals surface area contributed by atoms with Gasteiger partial charge in [-0.3, -0.25) is 25.3 Å². The third-order valence-electron chi connectivity index (χ3n) is 7.26. The summed E-state index contributed by atoms with van der Waals surface area (Å²) in [4.78, 5) is 45.7. The van der Waals surface area contributed by atoms with Crippen molar-refractivity contribution in [1.82, 2.24) is 20.4 Å². The first-order chi connectivity index (χ1) is 18.9. The summed E-state index contributed by atoms with van der Waals surface area (Å²) < 4.78 is 85.3. The van der Waals surface area contributed by atoms with Gasteiger partial charge >= 0.3 is 30.3 Å². The average Bonchev–Trinajstić information content (AvgIpc) is 3.45. The average molecular weight is 595 g/mol. The molecule has 3 amide bonds. The smallest absolute Gasteiger partial charge is 0.417 e. The van der Waals surface area contributed by atoms with Crippen LogP contribution in [0.5, 0.6) is 0 Å². The van der Waals surface area contributed by atoms with Crippen LogP contribution in [0.3, 0.4) is 0 Å². The highest BCUT2D eigenvalue weighted by atomic mass is 19.4. The Morgan fingerprint density at radius 2 is 1.85 bits per heavy atom. The van der Waals surface area contributed by atoms with Gasteiger partial charge in [-0.25, -0.2) is 19.9 Å². The van der Waals surface area contributed by atoms with E-state index in [9.17, 15) is 50.9 Å². The zero-order chi connectivity index (χ0) is 30.3. The number of amides is 3. The number of rotatable bonds is 4. The molecule has 20 heteroatoms. The predicted octanol–water partition coefficient (Wildman–Crippen LogP) is -3.44. The number of nitrogens with zero attached hydrogens (tertiary/aromatic N) is 3. The zero-order valence-corrected chi connectivity index (χ0v) is 20.4. The molecular formula is C21H21F6N8O6+. The van der Waals surface area contributed by atoms with Gasteiger partial charge in [-0.15, -0.1) is 0 Å². The highest BCUT2D eigenvalue weighted by Crippen LogP contribution is 2.43. The summed E-state index contributed by atoms with van der Waals surface area (Å²) in [6, 6.07) is -3.11. The first kappa shape index (κ1) is 28.2. The van der Waals surface area contributed by atoms with E-state index in [4.69, 9.17) is 16.2 Å².